The Morgan fingerprint density at radius 2 is 2.22 bits per heavy atom. The summed E-state index contributed by atoms with van der Waals surface area (Å²) in [6.07, 6.45) is 4.97. The van der Waals surface area contributed by atoms with Gasteiger partial charge in [-0.2, -0.15) is 5.26 Å². The molecule has 0 spiro atoms. The van der Waals surface area contributed by atoms with Crippen LogP contribution in [0, 0.1) is 11.3 Å². The molecule has 0 aliphatic heterocycles. The van der Waals surface area contributed by atoms with E-state index in [-0.39, 0.29) is 0 Å². The van der Waals surface area contributed by atoms with Crippen molar-refractivity contribution in [3.8, 4) is 6.07 Å². The lowest BCUT2D eigenvalue weighted by atomic mass is 10.1. The van der Waals surface area contributed by atoms with E-state index in [4.69, 9.17) is 5.26 Å². The highest BCUT2D eigenvalue weighted by molar-refractivity contribution is 5.19. The summed E-state index contributed by atoms with van der Waals surface area (Å²) < 4.78 is 0. The molecule has 1 heteroatoms. The maximum absolute atomic E-state index is 8.47. The zero-order valence-electron chi connectivity index (χ0n) is 6.15. The topological polar surface area (TPSA) is 23.8 Å². The lowest BCUT2D eigenvalue weighted by Gasteiger charge is -1.90. The summed E-state index contributed by atoms with van der Waals surface area (Å²) in [7, 11) is 0. The first kappa shape index (κ1) is 8.23. The van der Waals surface area contributed by atoms with Crippen molar-refractivity contribution in [2.24, 2.45) is 0 Å². The number of allylic oxidation sites excluding steroid dienone is 2. The van der Waals surface area contributed by atoms with Crippen LogP contribution in [0.15, 0.2) is 11.6 Å². The summed E-state index contributed by atoms with van der Waals surface area (Å²) in [4.78, 5) is 0. The minimum Gasteiger partial charge on any atom is -0.193 e. The smallest absolute Gasteiger partial charge is 0.0943 e. The molecular formula is C8H13N. The van der Waals surface area contributed by atoms with Gasteiger partial charge in [0.25, 0.3) is 0 Å². The van der Waals surface area contributed by atoms with Crippen LogP contribution >= 0.6 is 0 Å². The van der Waals surface area contributed by atoms with Crippen molar-refractivity contribution < 1.29 is 0 Å². The molecule has 0 N–H and O–H groups in total. The van der Waals surface area contributed by atoms with E-state index < -0.39 is 0 Å². The monoisotopic (exact) mass is 123 g/mol. The molecular weight excluding hydrogens is 110 g/mol. The molecule has 50 valence electrons. The van der Waals surface area contributed by atoms with Gasteiger partial charge in [-0.25, -0.2) is 0 Å². The Bertz CT molecular complexity index is 128. The van der Waals surface area contributed by atoms with Crippen LogP contribution in [-0.4, -0.2) is 0 Å². The van der Waals surface area contributed by atoms with Crippen LogP contribution in [0.1, 0.15) is 33.1 Å². The SMILES string of the molecule is CCC=C(C#N)CCC. The summed E-state index contributed by atoms with van der Waals surface area (Å²) in [6, 6.07) is 2.16. The predicted molar refractivity (Wildman–Crippen MR) is 38.9 cm³/mol. The molecule has 0 saturated heterocycles. The lowest BCUT2D eigenvalue weighted by molar-refractivity contribution is 0.920. The van der Waals surface area contributed by atoms with Gasteiger partial charge in [0, 0.05) is 5.57 Å². The van der Waals surface area contributed by atoms with Crippen molar-refractivity contribution in [2.45, 2.75) is 33.1 Å². The third kappa shape index (κ3) is 3.78. The maximum Gasteiger partial charge on any atom is 0.0943 e. The molecule has 0 aromatic heterocycles. The Balaban J connectivity index is 3.71. The average molecular weight is 123 g/mol. The van der Waals surface area contributed by atoms with Gasteiger partial charge in [-0.1, -0.05) is 26.3 Å². The molecule has 0 amide bonds. The highest BCUT2D eigenvalue weighted by Gasteiger charge is 1.89. The molecule has 0 atom stereocenters. The molecule has 0 radical (unpaired) electrons. The number of rotatable bonds is 3. The molecule has 0 saturated carbocycles. The Hall–Kier alpha value is -0.770. The molecule has 0 unspecified atom stereocenters. The fraction of sp³-hybridized carbons (Fsp3) is 0.625. The quantitative estimate of drug-likeness (QED) is 0.529. The Morgan fingerprint density at radius 3 is 2.56 bits per heavy atom. The van der Waals surface area contributed by atoms with Gasteiger partial charge in [0.2, 0.25) is 0 Å². The lowest BCUT2D eigenvalue weighted by Crippen LogP contribution is -1.76. The molecule has 9 heavy (non-hydrogen) atoms. The summed E-state index contributed by atoms with van der Waals surface area (Å²) in [5.74, 6) is 0. The normalized spacial score (nSPS) is 11.0. The first-order valence-corrected chi connectivity index (χ1v) is 3.44. The summed E-state index contributed by atoms with van der Waals surface area (Å²) in [6.45, 7) is 4.13. The molecule has 0 aliphatic rings. The molecule has 0 heterocycles. The zero-order valence-corrected chi connectivity index (χ0v) is 6.15. The Labute approximate surface area is 57.0 Å². The van der Waals surface area contributed by atoms with Gasteiger partial charge in [0.15, 0.2) is 0 Å². The van der Waals surface area contributed by atoms with E-state index in [1.54, 1.807) is 0 Å². The molecule has 1 nitrogen and oxygen atoms in total. The molecule has 0 fully saturated rings. The maximum atomic E-state index is 8.47. The van der Waals surface area contributed by atoms with Crippen LogP contribution in [0.3, 0.4) is 0 Å². The van der Waals surface area contributed by atoms with E-state index in [2.05, 4.69) is 13.0 Å². The van der Waals surface area contributed by atoms with Crippen molar-refractivity contribution in [1.29, 1.82) is 5.26 Å². The number of hydrogen-bond acceptors (Lipinski definition) is 1. The van der Waals surface area contributed by atoms with E-state index in [1.165, 1.54) is 0 Å². The highest BCUT2D eigenvalue weighted by atomic mass is 14.2. The summed E-state index contributed by atoms with van der Waals surface area (Å²) in [5.41, 5.74) is 0.931. The van der Waals surface area contributed by atoms with E-state index in [0.717, 1.165) is 24.8 Å². The second-order valence-electron chi connectivity index (χ2n) is 2.00. The predicted octanol–water partition coefficient (Wildman–Crippen LogP) is 2.65. The van der Waals surface area contributed by atoms with Gasteiger partial charge in [-0.15, -0.1) is 0 Å². The fourth-order valence-corrected chi connectivity index (χ4v) is 0.719. The number of nitriles is 1. The summed E-state index contributed by atoms with van der Waals surface area (Å²) in [5, 5.41) is 8.47. The van der Waals surface area contributed by atoms with Gasteiger partial charge in [0.05, 0.1) is 6.07 Å². The van der Waals surface area contributed by atoms with Crippen LogP contribution in [0.2, 0.25) is 0 Å². The number of hydrogen-bond donors (Lipinski definition) is 0. The standard InChI is InChI=1S/C8H13N/c1-3-5-8(7-9)6-4-2/h5H,3-4,6H2,1-2H3. The second-order valence-corrected chi connectivity index (χ2v) is 2.00. The Morgan fingerprint density at radius 1 is 1.56 bits per heavy atom. The molecule has 0 bridgehead atoms. The van der Waals surface area contributed by atoms with E-state index in [1.807, 2.05) is 13.0 Å². The Kier molecular flexibility index (Phi) is 4.91. The van der Waals surface area contributed by atoms with Crippen molar-refractivity contribution in [2.75, 3.05) is 0 Å². The van der Waals surface area contributed by atoms with Crippen molar-refractivity contribution >= 4 is 0 Å². The fourth-order valence-electron chi connectivity index (χ4n) is 0.719. The van der Waals surface area contributed by atoms with Crippen LogP contribution in [0.4, 0.5) is 0 Å². The second kappa shape index (κ2) is 5.37. The molecule has 0 rings (SSSR count). The van der Waals surface area contributed by atoms with Crippen LogP contribution < -0.4 is 0 Å². The van der Waals surface area contributed by atoms with E-state index in [9.17, 15) is 0 Å². The minimum absolute atomic E-state index is 0.931. The summed E-state index contributed by atoms with van der Waals surface area (Å²) >= 11 is 0. The molecule has 0 aliphatic carbocycles. The molecule has 0 aromatic rings. The van der Waals surface area contributed by atoms with Gasteiger partial charge in [-0.05, 0) is 12.8 Å². The van der Waals surface area contributed by atoms with Crippen molar-refractivity contribution in [3.63, 3.8) is 0 Å². The van der Waals surface area contributed by atoms with Gasteiger partial charge < -0.3 is 0 Å². The largest absolute Gasteiger partial charge is 0.193 e. The third-order valence-electron chi connectivity index (χ3n) is 1.11. The van der Waals surface area contributed by atoms with Crippen LogP contribution in [-0.2, 0) is 0 Å². The van der Waals surface area contributed by atoms with Gasteiger partial charge in [0.1, 0.15) is 0 Å². The van der Waals surface area contributed by atoms with E-state index >= 15 is 0 Å². The van der Waals surface area contributed by atoms with Crippen molar-refractivity contribution in [1.82, 2.24) is 0 Å². The van der Waals surface area contributed by atoms with Crippen LogP contribution in [0.5, 0.6) is 0 Å². The molecule has 0 aromatic carbocycles. The third-order valence-corrected chi connectivity index (χ3v) is 1.11. The van der Waals surface area contributed by atoms with Gasteiger partial charge in [-0.3, -0.25) is 0 Å². The zero-order chi connectivity index (χ0) is 7.11. The number of nitrogens with zero attached hydrogens (tertiary/aromatic N) is 1. The van der Waals surface area contributed by atoms with Crippen molar-refractivity contribution in [3.05, 3.63) is 11.6 Å². The first-order chi connectivity index (χ1) is 4.35. The highest BCUT2D eigenvalue weighted by Crippen LogP contribution is 2.03. The average Bonchev–Trinajstić information content (AvgIpc) is 1.88. The first-order valence-electron chi connectivity index (χ1n) is 3.44. The van der Waals surface area contributed by atoms with Crippen LogP contribution in [0.25, 0.3) is 0 Å². The van der Waals surface area contributed by atoms with E-state index in [0.29, 0.717) is 0 Å². The minimum atomic E-state index is 0.931. The van der Waals surface area contributed by atoms with Gasteiger partial charge >= 0.3 is 0 Å².